The first-order valence-corrected chi connectivity index (χ1v) is 13.8. The van der Waals surface area contributed by atoms with Gasteiger partial charge in [-0.2, -0.15) is 4.98 Å². The van der Waals surface area contributed by atoms with E-state index in [0.717, 1.165) is 31.1 Å². The Morgan fingerprint density at radius 3 is 2.63 bits per heavy atom. The summed E-state index contributed by atoms with van der Waals surface area (Å²) < 4.78 is 26.9. The summed E-state index contributed by atoms with van der Waals surface area (Å²) in [5.41, 5.74) is 3.44. The predicted molar refractivity (Wildman–Crippen MR) is 131 cm³/mol. The lowest BCUT2D eigenvalue weighted by Gasteiger charge is -2.42. The Balaban J connectivity index is 1.81. The van der Waals surface area contributed by atoms with E-state index < -0.39 is 38.3 Å². The molecule has 1 aromatic heterocycles. The zero-order chi connectivity index (χ0) is 25.1. The Labute approximate surface area is 204 Å². The highest BCUT2D eigenvalue weighted by molar-refractivity contribution is 7.90. The van der Waals surface area contributed by atoms with Crippen molar-refractivity contribution in [1.29, 1.82) is 0 Å². The molecule has 2 aromatic rings. The maximum absolute atomic E-state index is 13.4. The fourth-order valence-corrected chi connectivity index (χ4v) is 6.52. The van der Waals surface area contributed by atoms with Crippen LogP contribution in [-0.4, -0.2) is 52.7 Å². The Morgan fingerprint density at radius 1 is 1.17 bits per heavy atom. The molecular formula is C26H29N3O5S. The molecule has 9 heteroatoms. The van der Waals surface area contributed by atoms with Crippen LogP contribution in [0.4, 0.5) is 0 Å². The zero-order valence-corrected chi connectivity index (χ0v) is 20.9. The van der Waals surface area contributed by atoms with Crippen LogP contribution in [-0.2, 0) is 16.3 Å². The van der Waals surface area contributed by atoms with Crippen LogP contribution in [0, 0.1) is 0 Å². The van der Waals surface area contributed by atoms with Gasteiger partial charge in [0.15, 0.2) is 5.69 Å². The number of rotatable bonds is 3. The fraction of sp³-hybridized carbons (Fsp3) is 0.423. The van der Waals surface area contributed by atoms with E-state index in [0.29, 0.717) is 6.42 Å². The molecule has 2 heterocycles. The molecule has 2 aliphatic carbocycles. The summed E-state index contributed by atoms with van der Waals surface area (Å²) in [5, 5.41) is 10.2. The number of hydrogen-bond acceptors (Lipinski definition) is 6. The normalized spacial score (nSPS) is 22.1. The first-order chi connectivity index (χ1) is 16.6. The van der Waals surface area contributed by atoms with E-state index in [1.165, 1.54) is 21.3 Å². The molecule has 5 rings (SSSR count). The number of fused-ring (bicyclic) bond motifs is 2. The quantitative estimate of drug-likeness (QED) is 0.655. The van der Waals surface area contributed by atoms with Crippen molar-refractivity contribution in [2.45, 2.75) is 62.7 Å². The van der Waals surface area contributed by atoms with Gasteiger partial charge in [0.05, 0.1) is 6.04 Å². The summed E-state index contributed by atoms with van der Waals surface area (Å²) in [6.45, 7) is 3.97. The average molecular weight is 496 g/mol. The van der Waals surface area contributed by atoms with Crippen LogP contribution in [0.25, 0.3) is 0 Å². The van der Waals surface area contributed by atoms with E-state index in [1.807, 2.05) is 26.0 Å². The molecule has 8 nitrogen and oxygen atoms in total. The third-order valence-electron chi connectivity index (χ3n) is 7.35. The lowest BCUT2D eigenvalue weighted by Crippen LogP contribution is -2.50. The van der Waals surface area contributed by atoms with Crippen LogP contribution >= 0.6 is 0 Å². The number of sulfone groups is 1. The van der Waals surface area contributed by atoms with E-state index in [-0.39, 0.29) is 24.2 Å². The Bertz CT molecular complexity index is 1450. The molecule has 0 saturated carbocycles. The minimum Gasteiger partial charge on any atom is -0.501 e. The van der Waals surface area contributed by atoms with Crippen LogP contribution in [0.5, 0.6) is 5.75 Å². The Morgan fingerprint density at radius 2 is 1.91 bits per heavy atom. The average Bonchev–Trinajstić information content (AvgIpc) is 2.97. The van der Waals surface area contributed by atoms with Crippen molar-refractivity contribution in [3.05, 3.63) is 74.7 Å². The first-order valence-electron chi connectivity index (χ1n) is 11.9. The molecule has 1 aromatic carbocycles. The molecule has 2 atom stereocenters. The van der Waals surface area contributed by atoms with E-state index >= 15 is 0 Å². The number of nitrogens with zero attached hydrogens (tertiary/aromatic N) is 3. The van der Waals surface area contributed by atoms with Gasteiger partial charge in [-0.15, -0.1) is 0 Å². The van der Waals surface area contributed by atoms with Crippen LogP contribution in [0.15, 0.2) is 57.5 Å². The van der Waals surface area contributed by atoms with E-state index in [9.17, 15) is 23.1 Å². The van der Waals surface area contributed by atoms with Gasteiger partial charge >= 0.3 is 5.56 Å². The second-order valence-electron chi connectivity index (χ2n) is 9.91. The van der Waals surface area contributed by atoms with Gasteiger partial charge in [-0.25, -0.2) is 8.42 Å². The third kappa shape index (κ3) is 3.91. The second kappa shape index (κ2) is 8.48. The van der Waals surface area contributed by atoms with Crippen molar-refractivity contribution >= 4 is 15.7 Å². The molecular weight excluding hydrogens is 466 g/mol. The second-order valence-corrected chi connectivity index (χ2v) is 11.8. The lowest BCUT2D eigenvalue weighted by atomic mass is 9.83. The van der Waals surface area contributed by atoms with Gasteiger partial charge in [0, 0.05) is 24.8 Å². The number of benzene rings is 1. The van der Waals surface area contributed by atoms with Crippen LogP contribution in [0.2, 0.25) is 0 Å². The van der Waals surface area contributed by atoms with Crippen molar-refractivity contribution in [1.82, 2.24) is 14.5 Å². The minimum atomic E-state index is -3.98. The molecule has 1 N–H and O–H groups in total. The van der Waals surface area contributed by atoms with Crippen molar-refractivity contribution in [2.75, 3.05) is 12.8 Å². The number of amides is 1. The number of hydrogen-bond donors (Lipinski definition) is 1. The molecule has 0 fully saturated rings. The summed E-state index contributed by atoms with van der Waals surface area (Å²) in [5.74, 6) is -1.58. The molecule has 3 aliphatic rings. The SMILES string of the molecule is CC(C)N1CC(C2CC3=C(CCC=C3)Cc3ccccc32)n2c(S(C)(=O)=O)nc(=O)c(O)c2C1=O. The Hall–Kier alpha value is -3.20. The van der Waals surface area contributed by atoms with Crippen LogP contribution < -0.4 is 5.56 Å². The van der Waals surface area contributed by atoms with Gasteiger partial charge in [0.1, 0.15) is 0 Å². The smallest absolute Gasteiger partial charge is 0.316 e. The maximum Gasteiger partial charge on any atom is 0.316 e. The molecule has 35 heavy (non-hydrogen) atoms. The van der Waals surface area contributed by atoms with Crippen LogP contribution in [0.1, 0.15) is 66.7 Å². The monoisotopic (exact) mass is 495 g/mol. The van der Waals surface area contributed by atoms with E-state index in [1.54, 1.807) is 4.90 Å². The van der Waals surface area contributed by atoms with Gasteiger partial charge in [-0.1, -0.05) is 42.0 Å². The molecule has 0 radical (unpaired) electrons. The maximum atomic E-state index is 13.4. The topological polar surface area (TPSA) is 110 Å². The number of carbonyl (C=O) groups excluding carboxylic acids is 1. The Kier molecular flexibility index (Phi) is 5.70. The van der Waals surface area contributed by atoms with Crippen LogP contribution in [0.3, 0.4) is 0 Å². The number of carbonyl (C=O) groups is 1. The van der Waals surface area contributed by atoms with Crippen molar-refractivity contribution in [3.63, 3.8) is 0 Å². The fourth-order valence-electron chi connectivity index (χ4n) is 5.69. The summed E-state index contributed by atoms with van der Waals surface area (Å²) in [6, 6.07) is 7.38. The van der Waals surface area contributed by atoms with Gasteiger partial charge in [0.2, 0.25) is 20.7 Å². The third-order valence-corrected chi connectivity index (χ3v) is 8.30. The minimum absolute atomic E-state index is 0.196. The molecule has 0 spiro atoms. The number of aromatic nitrogens is 2. The largest absolute Gasteiger partial charge is 0.501 e. The van der Waals surface area contributed by atoms with Crippen molar-refractivity contribution in [2.24, 2.45) is 0 Å². The van der Waals surface area contributed by atoms with Gasteiger partial charge in [-0.3, -0.25) is 9.59 Å². The molecule has 1 aliphatic heterocycles. The van der Waals surface area contributed by atoms with Crippen molar-refractivity contribution < 1.29 is 18.3 Å². The van der Waals surface area contributed by atoms with Gasteiger partial charge < -0.3 is 14.6 Å². The van der Waals surface area contributed by atoms with Gasteiger partial charge in [0.25, 0.3) is 5.91 Å². The summed E-state index contributed by atoms with van der Waals surface area (Å²) in [7, 11) is -3.98. The standard InChI is InChI=1S/C26H29N3O5S/c1-15(2)28-14-21(29-22(25(28)32)23(30)24(31)27-26(29)35(3,33)34)20-13-17-9-5-4-8-16(17)12-18-10-6-7-11-19(18)20/h5-7,9-11,15,20-21,30H,4,8,12-14H2,1-3H3. The van der Waals surface area contributed by atoms with E-state index in [2.05, 4.69) is 29.3 Å². The van der Waals surface area contributed by atoms with Gasteiger partial charge in [-0.05, 0) is 56.2 Å². The summed E-state index contributed by atoms with van der Waals surface area (Å²) in [4.78, 5) is 31.3. The highest BCUT2D eigenvalue weighted by atomic mass is 32.2. The highest BCUT2D eigenvalue weighted by Crippen LogP contribution is 2.45. The first kappa shape index (κ1) is 23.5. The lowest BCUT2D eigenvalue weighted by molar-refractivity contribution is 0.0563. The summed E-state index contributed by atoms with van der Waals surface area (Å²) >= 11 is 0. The van der Waals surface area contributed by atoms with Crippen molar-refractivity contribution in [3.8, 4) is 5.75 Å². The molecule has 2 unspecified atom stereocenters. The molecule has 1 amide bonds. The van der Waals surface area contributed by atoms with E-state index in [4.69, 9.17) is 0 Å². The molecule has 0 bridgehead atoms. The number of allylic oxidation sites excluding steroid dienone is 4. The zero-order valence-electron chi connectivity index (χ0n) is 20.1. The molecule has 184 valence electrons. The number of aromatic hydroxyl groups is 1. The highest BCUT2D eigenvalue weighted by Gasteiger charge is 2.43. The molecule has 0 saturated heterocycles. The summed E-state index contributed by atoms with van der Waals surface area (Å²) in [6.07, 6.45) is 8.75. The predicted octanol–water partition coefficient (Wildman–Crippen LogP) is 3.13.